The maximum atomic E-state index is 13.9. The minimum Gasteiger partial charge on any atom is -0.455 e. The number of anilines is 1. The molecule has 0 aliphatic carbocycles. The van der Waals surface area contributed by atoms with E-state index in [0.29, 0.717) is 22.2 Å². The number of amides is 1. The maximum absolute atomic E-state index is 13.9. The highest BCUT2D eigenvalue weighted by Gasteiger charge is 2.18. The molecule has 4 rings (SSSR count). The molecule has 4 aromatic rings. The third kappa shape index (κ3) is 4.84. The van der Waals surface area contributed by atoms with E-state index in [2.05, 4.69) is 20.7 Å². The van der Waals surface area contributed by atoms with Crippen molar-refractivity contribution in [2.24, 2.45) is 0 Å². The van der Waals surface area contributed by atoms with Crippen LogP contribution in [-0.2, 0) is 11.3 Å². The highest BCUT2D eigenvalue weighted by molar-refractivity contribution is 6.31. The van der Waals surface area contributed by atoms with Crippen LogP contribution in [-0.4, -0.2) is 26.1 Å². The van der Waals surface area contributed by atoms with Crippen LogP contribution in [0.2, 0.25) is 5.02 Å². The number of aromatic nitrogens is 4. The van der Waals surface area contributed by atoms with E-state index in [9.17, 15) is 13.6 Å². The Morgan fingerprint density at radius 2 is 1.77 bits per heavy atom. The first kappa shape index (κ1) is 20.4. The summed E-state index contributed by atoms with van der Waals surface area (Å²) in [6.45, 7) is -0.347. The van der Waals surface area contributed by atoms with Gasteiger partial charge in [-0.15, -0.1) is 10.2 Å². The fraction of sp³-hybridized carbons (Fsp3) is 0.0476. The average Bonchev–Trinajstić information content (AvgIpc) is 3.18. The second kappa shape index (κ2) is 8.88. The van der Waals surface area contributed by atoms with E-state index in [-0.39, 0.29) is 12.4 Å². The largest absolute Gasteiger partial charge is 0.455 e. The van der Waals surface area contributed by atoms with Gasteiger partial charge in [-0.05, 0) is 47.7 Å². The lowest BCUT2D eigenvalue weighted by Crippen LogP contribution is -2.20. The second-order valence-electron chi connectivity index (χ2n) is 6.34. The lowest BCUT2D eigenvalue weighted by atomic mass is 10.2. The summed E-state index contributed by atoms with van der Waals surface area (Å²) >= 11 is 6.05. The number of hydrogen-bond acceptors (Lipinski definition) is 5. The minimum atomic E-state index is -0.828. The Balaban J connectivity index is 1.50. The topological polar surface area (TPSA) is 81.9 Å². The lowest BCUT2D eigenvalue weighted by Gasteiger charge is -2.12. The molecule has 7 nitrogen and oxygen atoms in total. The highest BCUT2D eigenvalue weighted by Crippen LogP contribution is 2.32. The predicted molar refractivity (Wildman–Crippen MR) is 110 cm³/mol. The summed E-state index contributed by atoms with van der Waals surface area (Å²) in [6, 6.07) is 17.2. The van der Waals surface area contributed by atoms with Crippen molar-refractivity contribution in [1.29, 1.82) is 0 Å². The van der Waals surface area contributed by atoms with Gasteiger partial charge in [0.05, 0.1) is 11.3 Å². The van der Waals surface area contributed by atoms with Crippen molar-refractivity contribution in [1.82, 2.24) is 20.2 Å². The third-order valence-corrected chi connectivity index (χ3v) is 4.35. The van der Waals surface area contributed by atoms with Gasteiger partial charge in [-0.2, -0.15) is 4.80 Å². The third-order valence-electron chi connectivity index (χ3n) is 4.11. The van der Waals surface area contributed by atoms with Crippen molar-refractivity contribution in [3.8, 4) is 22.9 Å². The number of tetrazole rings is 1. The van der Waals surface area contributed by atoms with Crippen LogP contribution in [0.5, 0.6) is 11.5 Å². The van der Waals surface area contributed by atoms with E-state index >= 15 is 0 Å². The molecule has 1 heterocycles. The summed E-state index contributed by atoms with van der Waals surface area (Å²) in [5, 5.41) is 14.3. The number of carbonyl (C=O) groups is 1. The molecule has 0 radical (unpaired) electrons. The predicted octanol–water partition coefficient (Wildman–Crippen LogP) is 4.70. The molecule has 0 spiro atoms. The maximum Gasteiger partial charge on any atom is 0.248 e. The molecule has 0 aliphatic heterocycles. The second-order valence-corrected chi connectivity index (χ2v) is 6.78. The van der Waals surface area contributed by atoms with Gasteiger partial charge in [-0.3, -0.25) is 4.79 Å². The smallest absolute Gasteiger partial charge is 0.248 e. The van der Waals surface area contributed by atoms with E-state index in [1.165, 1.54) is 12.1 Å². The van der Waals surface area contributed by atoms with Crippen LogP contribution in [0, 0.1) is 11.6 Å². The van der Waals surface area contributed by atoms with Gasteiger partial charge in [-0.25, -0.2) is 8.78 Å². The summed E-state index contributed by atoms with van der Waals surface area (Å²) in [5.74, 6) is -1.48. The van der Waals surface area contributed by atoms with Gasteiger partial charge in [-0.1, -0.05) is 35.9 Å². The molecule has 0 saturated heterocycles. The first-order chi connectivity index (χ1) is 15.0. The van der Waals surface area contributed by atoms with Gasteiger partial charge in [0, 0.05) is 5.02 Å². The van der Waals surface area contributed by atoms with Gasteiger partial charge < -0.3 is 10.1 Å². The zero-order valence-corrected chi connectivity index (χ0v) is 16.6. The molecule has 0 aliphatic rings. The van der Waals surface area contributed by atoms with Crippen molar-refractivity contribution >= 4 is 23.2 Å². The van der Waals surface area contributed by atoms with Crippen molar-refractivity contribution in [2.45, 2.75) is 6.54 Å². The summed E-state index contributed by atoms with van der Waals surface area (Å²) in [6.07, 6.45) is 0. The molecule has 0 fully saturated rings. The fourth-order valence-corrected chi connectivity index (χ4v) is 2.92. The molecule has 0 bridgehead atoms. The van der Waals surface area contributed by atoms with Crippen molar-refractivity contribution < 1.29 is 18.3 Å². The van der Waals surface area contributed by atoms with Crippen molar-refractivity contribution in [2.75, 3.05) is 5.32 Å². The number of para-hydroxylation sites is 1. The van der Waals surface area contributed by atoms with Crippen LogP contribution < -0.4 is 10.1 Å². The molecular formula is C21H14ClF2N5O2. The zero-order chi connectivity index (χ0) is 21.8. The van der Waals surface area contributed by atoms with E-state index in [0.717, 1.165) is 16.9 Å². The quantitative estimate of drug-likeness (QED) is 0.469. The van der Waals surface area contributed by atoms with Crippen LogP contribution in [0.3, 0.4) is 0 Å². The van der Waals surface area contributed by atoms with E-state index < -0.39 is 23.1 Å². The summed E-state index contributed by atoms with van der Waals surface area (Å²) in [7, 11) is 0. The van der Waals surface area contributed by atoms with Crippen LogP contribution in [0.1, 0.15) is 0 Å². The Morgan fingerprint density at radius 3 is 2.52 bits per heavy atom. The number of halogens is 3. The summed E-state index contributed by atoms with van der Waals surface area (Å²) in [4.78, 5) is 13.4. The Bertz CT molecular complexity index is 1210. The molecule has 31 heavy (non-hydrogen) atoms. The van der Waals surface area contributed by atoms with Gasteiger partial charge in [0.2, 0.25) is 11.7 Å². The number of benzene rings is 3. The molecule has 0 atom stereocenters. The van der Waals surface area contributed by atoms with Gasteiger partial charge >= 0.3 is 0 Å². The number of ether oxygens (including phenoxy) is 1. The zero-order valence-electron chi connectivity index (χ0n) is 15.8. The molecule has 10 heteroatoms. The molecule has 156 valence electrons. The van der Waals surface area contributed by atoms with Gasteiger partial charge in [0.25, 0.3) is 0 Å². The van der Waals surface area contributed by atoms with Crippen LogP contribution in [0.25, 0.3) is 11.4 Å². The monoisotopic (exact) mass is 441 g/mol. The Labute approximate surface area is 180 Å². The number of carbonyl (C=O) groups excluding carboxylic acids is 1. The van der Waals surface area contributed by atoms with Crippen LogP contribution >= 0.6 is 11.6 Å². The summed E-state index contributed by atoms with van der Waals surface area (Å²) in [5.41, 5.74) is -0.0793. The fourth-order valence-electron chi connectivity index (χ4n) is 2.74. The van der Waals surface area contributed by atoms with E-state index in [4.69, 9.17) is 16.3 Å². The molecule has 3 aromatic carbocycles. The van der Waals surface area contributed by atoms with Crippen LogP contribution in [0.15, 0.2) is 66.7 Å². The van der Waals surface area contributed by atoms with E-state index in [1.807, 2.05) is 18.2 Å². The molecule has 0 unspecified atom stereocenters. The minimum absolute atomic E-state index is 0.265. The molecule has 1 N–H and O–H groups in total. The average molecular weight is 442 g/mol. The number of nitrogens with zero attached hydrogens (tertiary/aromatic N) is 4. The standard InChI is InChI=1S/C21H14ClF2N5O2/c22-13-9-10-18(31-14-5-2-1-3-6-14)17(11-13)25-19(30)12-29-27-21(26-28-29)20-15(23)7-4-8-16(20)24/h1-11H,12H2,(H,25,30). The Kier molecular flexibility index (Phi) is 5.85. The first-order valence-electron chi connectivity index (χ1n) is 9.04. The number of rotatable bonds is 6. The van der Waals surface area contributed by atoms with Gasteiger partial charge in [0.15, 0.2) is 5.75 Å². The molecule has 1 aromatic heterocycles. The molecular weight excluding hydrogens is 428 g/mol. The van der Waals surface area contributed by atoms with Crippen molar-refractivity contribution in [3.63, 3.8) is 0 Å². The van der Waals surface area contributed by atoms with Crippen molar-refractivity contribution in [3.05, 3.63) is 83.4 Å². The summed E-state index contributed by atoms with van der Waals surface area (Å²) < 4.78 is 33.6. The lowest BCUT2D eigenvalue weighted by molar-refractivity contribution is -0.117. The normalized spacial score (nSPS) is 10.7. The Morgan fingerprint density at radius 1 is 1.03 bits per heavy atom. The Hall–Kier alpha value is -3.85. The molecule has 1 amide bonds. The molecule has 0 saturated carbocycles. The highest BCUT2D eigenvalue weighted by atomic mass is 35.5. The number of nitrogens with one attached hydrogen (secondary N) is 1. The van der Waals surface area contributed by atoms with Crippen LogP contribution in [0.4, 0.5) is 14.5 Å². The SMILES string of the molecule is O=C(Cn1nnc(-c2c(F)cccc2F)n1)Nc1cc(Cl)ccc1Oc1ccccc1. The first-order valence-corrected chi connectivity index (χ1v) is 9.42. The van der Waals surface area contributed by atoms with Gasteiger partial charge in [0.1, 0.15) is 23.9 Å². The number of hydrogen-bond donors (Lipinski definition) is 1. The van der Waals surface area contributed by atoms with E-state index in [1.54, 1.807) is 24.3 Å².